The minimum atomic E-state index is -0.340. The zero-order valence-corrected chi connectivity index (χ0v) is 17.7. The number of imide groups is 1. The van der Waals surface area contributed by atoms with Crippen LogP contribution in [0.15, 0.2) is 46.9 Å². The Hall–Kier alpha value is -3.00. The van der Waals surface area contributed by atoms with Crippen molar-refractivity contribution in [2.24, 2.45) is 0 Å². The van der Waals surface area contributed by atoms with Crippen LogP contribution >= 0.6 is 15.9 Å². The number of amides is 4. The van der Waals surface area contributed by atoms with E-state index in [0.29, 0.717) is 28.8 Å². The molecule has 0 atom stereocenters. The maximum atomic E-state index is 12.4. The van der Waals surface area contributed by atoms with E-state index in [0.717, 1.165) is 4.47 Å². The van der Waals surface area contributed by atoms with Gasteiger partial charge < -0.3 is 10.2 Å². The van der Waals surface area contributed by atoms with E-state index in [1.165, 1.54) is 9.80 Å². The maximum Gasteiger partial charge on any atom is 0.261 e. The van der Waals surface area contributed by atoms with Gasteiger partial charge in [-0.1, -0.05) is 15.9 Å². The molecule has 0 saturated carbocycles. The van der Waals surface area contributed by atoms with Crippen molar-refractivity contribution >= 4 is 45.2 Å². The molecule has 7 nitrogen and oxygen atoms in total. The second-order valence-corrected chi connectivity index (χ2v) is 7.80. The van der Waals surface area contributed by atoms with Gasteiger partial charge in [-0.3, -0.25) is 24.1 Å². The van der Waals surface area contributed by atoms with Gasteiger partial charge in [0.2, 0.25) is 5.91 Å². The highest BCUT2D eigenvalue weighted by atomic mass is 79.9. The average Bonchev–Trinajstić information content (AvgIpc) is 2.92. The summed E-state index contributed by atoms with van der Waals surface area (Å²) < 4.78 is 0.733. The van der Waals surface area contributed by atoms with Crippen LogP contribution in [-0.4, -0.2) is 54.1 Å². The third kappa shape index (κ3) is 4.54. The number of halogens is 1. The third-order valence-electron chi connectivity index (χ3n) is 4.54. The van der Waals surface area contributed by atoms with E-state index in [1.807, 2.05) is 0 Å². The lowest BCUT2D eigenvalue weighted by Crippen LogP contribution is -2.31. The van der Waals surface area contributed by atoms with Gasteiger partial charge in [-0.25, -0.2) is 0 Å². The molecule has 0 spiro atoms. The highest BCUT2D eigenvalue weighted by Gasteiger charge is 2.35. The first-order valence-corrected chi connectivity index (χ1v) is 9.84. The van der Waals surface area contributed by atoms with Crippen LogP contribution in [0.4, 0.5) is 5.69 Å². The van der Waals surface area contributed by atoms with E-state index in [-0.39, 0.29) is 36.6 Å². The zero-order chi connectivity index (χ0) is 21.1. The standard InChI is InChI=1S/C21H20BrN3O4/c1-24(2)19(27)13-5-8-15(9-6-13)23-18(26)4-3-11-25-20(28)16-10-7-14(22)12-17(16)21(25)29/h5-10,12H,3-4,11H2,1-2H3,(H,23,26). The van der Waals surface area contributed by atoms with E-state index < -0.39 is 0 Å². The van der Waals surface area contributed by atoms with E-state index in [2.05, 4.69) is 21.2 Å². The molecule has 3 rings (SSSR count). The molecule has 0 radical (unpaired) electrons. The number of fused-ring (bicyclic) bond motifs is 1. The summed E-state index contributed by atoms with van der Waals surface area (Å²) in [6.07, 6.45) is 0.519. The number of nitrogens with zero attached hydrogens (tertiary/aromatic N) is 2. The molecule has 0 aromatic heterocycles. The van der Waals surface area contributed by atoms with Crippen LogP contribution in [0.1, 0.15) is 43.9 Å². The fraction of sp³-hybridized carbons (Fsp3) is 0.238. The minimum Gasteiger partial charge on any atom is -0.345 e. The maximum absolute atomic E-state index is 12.4. The molecule has 2 aromatic carbocycles. The molecule has 150 valence electrons. The van der Waals surface area contributed by atoms with E-state index in [1.54, 1.807) is 56.6 Å². The molecule has 29 heavy (non-hydrogen) atoms. The molecule has 0 bridgehead atoms. The number of anilines is 1. The lowest BCUT2D eigenvalue weighted by atomic mass is 10.1. The normalized spacial score (nSPS) is 12.7. The first kappa shape index (κ1) is 20.7. The number of hydrogen-bond donors (Lipinski definition) is 1. The second-order valence-electron chi connectivity index (χ2n) is 6.88. The number of rotatable bonds is 6. The van der Waals surface area contributed by atoms with E-state index in [4.69, 9.17) is 0 Å². The van der Waals surface area contributed by atoms with Gasteiger partial charge in [-0.15, -0.1) is 0 Å². The Balaban J connectivity index is 1.51. The van der Waals surface area contributed by atoms with Gasteiger partial charge in [-0.2, -0.15) is 0 Å². The summed E-state index contributed by atoms with van der Waals surface area (Å²) in [5, 5.41) is 2.75. The van der Waals surface area contributed by atoms with Crippen molar-refractivity contribution in [3.8, 4) is 0 Å². The lowest BCUT2D eigenvalue weighted by molar-refractivity contribution is -0.116. The van der Waals surface area contributed by atoms with Crippen molar-refractivity contribution in [2.45, 2.75) is 12.8 Å². The van der Waals surface area contributed by atoms with Crippen molar-refractivity contribution in [1.29, 1.82) is 0 Å². The van der Waals surface area contributed by atoms with Gasteiger partial charge in [0.25, 0.3) is 17.7 Å². The number of nitrogens with one attached hydrogen (secondary N) is 1. The molecule has 2 aromatic rings. The van der Waals surface area contributed by atoms with Gasteiger partial charge in [0.1, 0.15) is 0 Å². The van der Waals surface area contributed by atoms with Crippen molar-refractivity contribution in [3.63, 3.8) is 0 Å². The molecule has 1 aliphatic rings. The summed E-state index contributed by atoms with van der Waals surface area (Å²) in [6.45, 7) is 0.174. The summed E-state index contributed by atoms with van der Waals surface area (Å²) >= 11 is 3.30. The summed E-state index contributed by atoms with van der Waals surface area (Å²) in [5.74, 6) is -1.01. The van der Waals surface area contributed by atoms with Gasteiger partial charge in [-0.05, 0) is 48.9 Å². The van der Waals surface area contributed by atoms with Gasteiger partial charge >= 0.3 is 0 Å². The van der Waals surface area contributed by atoms with Crippen LogP contribution < -0.4 is 5.32 Å². The monoisotopic (exact) mass is 457 g/mol. The first-order chi connectivity index (χ1) is 13.8. The predicted octanol–water partition coefficient (Wildman–Crippen LogP) is 3.17. The highest BCUT2D eigenvalue weighted by Crippen LogP contribution is 2.26. The lowest BCUT2D eigenvalue weighted by Gasteiger charge is -2.13. The number of benzene rings is 2. The van der Waals surface area contributed by atoms with Crippen LogP contribution in [0.25, 0.3) is 0 Å². The van der Waals surface area contributed by atoms with Crippen molar-refractivity contribution in [1.82, 2.24) is 9.80 Å². The Bertz CT molecular complexity index is 986. The number of carbonyl (C=O) groups is 4. The summed E-state index contributed by atoms with van der Waals surface area (Å²) in [7, 11) is 3.34. The van der Waals surface area contributed by atoms with Crippen molar-refractivity contribution < 1.29 is 19.2 Å². The average molecular weight is 458 g/mol. The molecule has 0 aliphatic carbocycles. The Labute approximate surface area is 176 Å². The van der Waals surface area contributed by atoms with E-state index in [9.17, 15) is 19.2 Å². The molecule has 8 heteroatoms. The van der Waals surface area contributed by atoms with Crippen LogP contribution in [0.3, 0.4) is 0 Å². The number of carbonyl (C=O) groups excluding carboxylic acids is 4. The highest BCUT2D eigenvalue weighted by molar-refractivity contribution is 9.10. The second kappa shape index (κ2) is 8.57. The minimum absolute atomic E-state index is 0.115. The van der Waals surface area contributed by atoms with Crippen LogP contribution in [0.5, 0.6) is 0 Å². The molecule has 1 aliphatic heterocycles. The SMILES string of the molecule is CN(C)C(=O)c1ccc(NC(=O)CCCN2C(=O)c3ccc(Br)cc3C2=O)cc1. The molecule has 4 amide bonds. The van der Waals surface area contributed by atoms with Crippen LogP contribution in [0, 0.1) is 0 Å². The van der Waals surface area contributed by atoms with Gasteiger partial charge in [0, 0.05) is 42.8 Å². The van der Waals surface area contributed by atoms with E-state index >= 15 is 0 Å². The molecule has 1 heterocycles. The molecule has 0 unspecified atom stereocenters. The molecule has 1 N–H and O–H groups in total. The number of hydrogen-bond acceptors (Lipinski definition) is 4. The molecule has 0 saturated heterocycles. The Morgan fingerprint density at radius 3 is 2.31 bits per heavy atom. The molecular weight excluding hydrogens is 438 g/mol. The smallest absolute Gasteiger partial charge is 0.261 e. The van der Waals surface area contributed by atoms with Crippen LogP contribution in [0.2, 0.25) is 0 Å². The summed E-state index contributed by atoms with van der Waals surface area (Å²) in [4.78, 5) is 51.5. The molecule has 0 fully saturated rings. The predicted molar refractivity (Wildman–Crippen MR) is 112 cm³/mol. The Kier molecular flexibility index (Phi) is 6.12. The Morgan fingerprint density at radius 2 is 1.66 bits per heavy atom. The van der Waals surface area contributed by atoms with Crippen molar-refractivity contribution in [2.75, 3.05) is 26.0 Å². The first-order valence-electron chi connectivity index (χ1n) is 9.05. The fourth-order valence-corrected chi connectivity index (χ4v) is 3.40. The third-order valence-corrected chi connectivity index (χ3v) is 5.03. The Morgan fingerprint density at radius 1 is 1.00 bits per heavy atom. The van der Waals surface area contributed by atoms with Gasteiger partial charge in [0.05, 0.1) is 11.1 Å². The summed E-state index contributed by atoms with van der Waals surface area (Å²) in [5.41, 5.74) is 1.87. The summed E-state index contributed by atoms with van der Waals surface area (Å²) in [6, 6.07) is 11.6. The zero-order valence-electron chi connectivity index (χ0n) is 16.1. The quantitative estimate of drug-likeness (QED) is 0.674. The van der Waals surface area contributed by atoms with Crippen LogP contribution in [-0.2, 0) is 4.79 Å². The fourth-order valence-electron chi connectivity index (χ4n) is 3.04. The van der Waals surface area contributed by atoms with Gasteiger partial charge in [0.15, 0.2) is 0 Å². The van der Waals surface area contributed by atoms with Crippen molar-refractivity contribution in [3.05, 3.63) is 63.6 Å². The molecular formula is C21H20BrN3O4. The largest absolute Gasteiger partial charge is 0.345 e. The topological polar surface area (TPSA) is 86.8 Å².